The van der Waals surface area contributed by atoms with E-state index in [0.717, 1.165) is 18.1 Å². The second kappa shape index (κ2) is 10.4. The summed E-state index contributed by atoms with van der Waals surface area (Å²) in [4.78, 5) is 23.0. The van der Waals surface area contributed by atoms with E-state index in [4.69, 9.17) is 4.74 Å². The van der Waals surface area contributed by atoms with Gasteiger partial charge in [0.05, 0.1) is 9.82 Å². The van der Waals surface area contributed by atoms with E-state index in [1.165, 1.54) is 23.4 Å². The Bertz CT molecular complexity index is 1030. The van der Waals surface area contributed by atoms with Crippen LogP contribution in [0.1, 0.15) is 33.3 Å². The quantitative estimate of drug-likeness (QED) is 0.437. The van der Waals surface area contributed by atoms with Gasteiger partial charge in [-0.1, -0.05) is 32.9 Å². The van der Waals surface area contributed by atoms with Crippen LogP contribution >= 0.6 is 0 Å². The molecule has 1 amide bonds. The number of nitrogens with zero attached hydrogens (tertiary/aromatic N) is 2. The Balaban J connectivity index is 2.23. The molecule has 2 rings (SSSR count). The number of ether oxygens (including phenoxy) is 1. The molecule has 9 nitrogen and oxygen atoms in total. The van der Waals surface area contributed by atoms with Gasteiger partial charge in [0.15, 0.2) is 11.9 Å². The lowest BCUT2D eigenvalue weighted by atomic mass is 10.1. The van der Waals surface area contributed by atoms with Crippen LogP contribution in [0.5, 0.6) is 5.75 Å². The molecule has 0 aliphatic rings. The highest BCUT2D eigenvalue weighted by atomic mass is 32.2. The fraction of sp³-hybridized carbons (Fsp3) is 0.381. The predicted octanol–water partition coefficient (Wildman–Crippen LogP) is 3.59. The molecule has 1 atom stereocenters. The number of sulfonamides is 1. The number of nitrogens with one attached hydrogen (secondary N) is 1. The second-order valence-electron chi connectivity index (χ2n) is 6.78. The number of anilines is 1. The lowest BCUT2D eigenvalue weighted by molar-refractivity contribution is -0.386. The molecule has 0 aromatic heterocycles. The van der Waals surface area contributed by atoms with E-state index < -0.39 is 32.6 Å². The summed E-state index contributed by atoms with van der Waals surface area (Å²) in [5.41, 5.74) is 1.17. The minimum Gasteiger partial charge on any atom is -0.474 e. The number of carbonyl (C=O) groups excluding carboxylic acids is 1. The van der Waals surface area contributed by atoms with Crippen LogP contribution in [-0.2, 0) is 21.2 Å². The Hall–Kier alpha value is -2.98. The van der Waals surface area contributed by atoms with E-state index in [1.807, 2.05) is 19.1 Å². The molecule has 168 valence electrons. The van der Waals surface area contributed by atoms with E-state index in [0.29, 0.717) is 5.69 Å². The average Bonchev–Trinajstić information content (AvgIpc) is 2.74. The van der Waals surface area contributed by atoms with Crippen molar-refractivity contribution in [2.24, 2.45) is 0 Å². The standard InChI is InChI=1S/C21H27N3O6S/c1-5-16-8-10-17(11-9-16)22-21(25)15(4)30-20-13-12-18(14-19(20)24(26)27)31(28,29)23(6-2)7-3/h8-15H,5-7H2,1-4H3,(H,22,25)/t15-/m0/s1. The van der Waals surface area contributed by atoms with Gasteiger partial charge in [-0.15, -0.1) is 0 Å². The van der Waals surface area contributed by atoms with Crippen molar-refractivity contribution in [3.05, 3.63) is 58.1 Å². The Labute approximate surface area is 182 Å². The van der Waals surface area contributed by atoms with Crippen molar-refractivity contribution in [2.75, 3.05) is 18.4 Å². The summed E-state index contributed by atoms with van der Waals surface area (Å²) in [6.07, 6.45) is -0.174. The van der Waals surface area contributed by atoms with Gasteiger partial charge in [0.2, 0.25) is 10.0 Å². The Morgan fingerprint density at radius 1 is 1.13 bits per heavy atom. The van der Waals surface area contributed by atoms with Crippen molar-refractivity contribution in [3.63, 3.8) is 0 Å². The fourth-order valence-corrected chi connectivity index (χ4v) is 4.40. The number of hydrogen-bond acceptors (Lipinski definition) is 6. The molecule has 0 heterocycles. The highest BCUT2D eigenvalue weighted by Gasteiger charge is 2.27. The molecule has 0 saturated heterocycles. The van der Waals surface area contributed by atoms with Gasteiger partial charge in [0.1, 0.15) is 0 Å². The van der Waals surface area contributed by atoms with Crippen LogP contribution in [0.15, 0.2) is 47.4 Å². The van der Waals surface area contributed by atoms with Crippen LogP contribution in [0.3, 0.4) is 0 Å². The molecule has 31 heavy (non-hydrogen) atoms. The summed E-state index contributed by atoms with van der Waals surface area (Å²) in [6, 6.07) is 10.7. The molecular formula is C21H27N3O6S. The van der Waals surface area contributed by atoms with Crippen LogP contribution in [0, 0.1) is 10.1 Å². The lowest BCUT2D eigenvalue weighted by Gasteiger charge is -2.19. The number of nitro benzene ring substituents is 1. The maximum atomic E-state index is 12.7. The summed E-state index contributed by atoms with van der Waals surface area (Å²) < 4.78 is 32.0. The van der Waals surface area contributed by atoms with Crippen molar-refractivity contribution < 1.29 is 22.9 Å². The first-order valence-electron chi connectivity index (χ1n) is 9.99. The van der Waals surface area contributed by atoms with Crippen LogP contribution < -0.4 is 10.1 Å². The molecule has 0 radical (unpaired) electrons. The van der Waals surface area contributed by atoms with Crippen LogP contribution in [0.25, 0.3) is 0 Å². The van der Waals surface area contributed by atoms with E-state index in [-0.39, 0.29) is 23.7 Å². The minimum absolute atomic E-state index is 0.188. The monoisotopic (exact) mass is 449 g/mol. The summed E-state index contributed by atoms with van der Waals surface area (Å²) in [5.74, 6) is -0.675. The number of hydrogen-bond donors (Lipinski definition) is 1. The summed E-state index contributed by atoms with van der Waals surface area (Å²) in [6.45, 7) is 7.32. The number of carbonyl (C=O) groups is 1. The van der Waals surface area contributed by atoms with Gasteiger partial charge < -0.3 is 10.1 Å². The number of rotatable bonds is 10. The second-order valence-corrected chi connectivity index (χ2v) is 8.71. The van der Waals surface area contributed by atoms with E-state index >= 15 is 0 Å². The first kappa shape index (κ1) is 24.3. The highest BCUT2D eigenvalue weighted by molar-refractivity contribution is 7.89. The lowest BCUT2D eigenvalue weighted by Crippen LogP contribution is -2.31. The molecule has 2 aromatic carbocycles. The number of amides is 1. The predicted molar refractivity (Wildman–Crippen MR) is 118 cm³/mol. The number of nitro groups is 1. The van der Waals surface area contributed by atoms with Gasteiger partial charge >= 0.3 is 5.69 Å². The topological polar surface area (TPSA) is 119 Å². The van der Waals surface area contributed by atoms with Crippen molar-refractivity contribution >= 4 is 27.3 Å². The van der Waals surface area contributed by atoms with Crippen molar-refractivity contribution in [3.8, 4) is 5.75 Å². The van der Waals surface area contributed by atoms with Crippen LogP contribution in [0.2, 0.25) is 0 Å². The minimum atomic E-state index is -3.87. The van der Waals surface area contributed by atoms with Crippen LogP contribution in [0.4, 0.5) is 11.4 Å². The molecule has 0 unspecified atom stereocenters. The molecule has 2 aromatic rings. The van der Waals surface area contributed by atoms with Crippen molar-refractivity contribution in [1.29, 1.82) is 0 Å². The molecule has 10 heteroatoms. The van der Waals surface area contributed by atoms with E-state index in [2.05, 4.69) is 5.32 Å². The first-order chi connectivity index (χ1) is 14.6. The van der Waals surface area contributed by atoms with E-state index in [9.17, 15) is 23.3 Å². The van der Waals surface area contributed by atoms with Gasteiger partial charge in [-0.3, -0.25) is 14.9 Å². The zero-order valence-corrected chi connectivity index (χ0v) is 18.8. The fourth-order valence-electron chi connectivity index (χ4n) is 2.92. The molecule has 0 bridgehead atoms. The van der Waals surface area contributed by atoms with E-state index in [1.54, 1.807) is 26.0 Å². The average molecular weight is 450 g/mol. The van der Waals surface area contributed by atoms with Crippen molar-refractivity contribution in [2.45, 2.75) is 45.1 Å². The Morgan fingerprint density at radius 3 is 2.26 bits per heavy atom. The number of benzene rings is 2. The molecule has 0 saturated carbocycles. The van der Waals surface area contributed by atoms with Gasteiger partial charge in [-0.25, -0.2) is 8.42 Å². The zero-order valence-electron chi connectivity index (χ0n) is 18.0. The third-order valence-electron chi connectivity index (χ3n) is 4.77. The summed E-state index contributed by atoms with van der Waals surface area (Å²) >= 11 is 0. The maximum Gasteiger partial charge on any atom is 0.312 e. The Morgan fingerprint density at radius 2 is 1.74 bits per heavy atom. The molecule has 1 N–H and O–H groups in total. The molecular weight excluding hydrogens is 422 g/mol. The summed E-state index contributed by atoms with van der Waals surface area (Å²) in [7, 11) is -3.87. The smallest absolute Gasteiger partial charge is 0.312 e. The maximum absolute atomic E-state index is 12.7. The zero-order chi connectivity index (χ0) is 23.2. The largest absolute Gasteiger partial charge is 0.474 e. The summed E-state index contributed by atoms with van der Waals surface area (Å²) in [5, 5.41) is 14.2. The van der Waals surface area contributed by atoms with Gasteiger partial charge in [-0.05, 0) is 43.2 Å². The SMILES string of the molecule is CCc1ccc(NC(=O)[C@H](C)Oc2ccc(S(=O)(=O)N(CC)CC)cc2[N+](=O)[O-])cc1. The van der Waals surface area contributed by atoms with Gasteiger partial charge in [0, 0.05) is 24.8 Å². The molecule has 0 aliphatic carbocycles. The highest BCUT2D eigenvalue weighted by Crippen LogP contribution is 2.31. The normalized spacial score (nSPS) is 12.4. The first-order valence-corrected chi connectivity index (χ1v) is 11.4. The third-order valence-corrected chi connectivity index (χ3v) is 6.82. The van der Waals surface area contributed by atoms with Gasteiger partial charge in [-0.2, -0.15) is 4.31 Å². The molecule has 0 fully saturated rings. The number of aryl methyl sites for hydroxylation is 1. The third kappa shape index (κ3) is 5.80. The van der Waals surface area contributed by atoms with Crippen molar-refractivity contribution in [1.82, 2.24) is 4.31 Å². The Kier molecular flexibility index (Phi) is 8.12. The molecule has 0 spiro atoms. The van der Waals surface area contributed by atoms with Crippen LogP contribution in [-0.4, -0.2) is 42.7 Å². The van der Waals surface area contributed by atoms with Gasteiger partial charge in [0.25, 0.3) is 5.91 Å². The molecule has 0 aliphatic heterocycles.